The number of carbonyl (C=O) groups is 1. The van der Waals surface area contributed by atoms with E-state index < -0.39 is 5.60 Å². The topological polar surface area (TPSA) is 70.6 Å². The van der Waals surface area contributed by atoms with Crippen molar-refractivity contribution in [2.45, 2.75) is 46.1 Å². The fourth-order valence-electron chi connectivity index (χ4n) is 1.87. The van der Waals surface area contributed by atoms with E-state index in [2.05, 4.69) is 31.4 Å². The van der Waals surface area contributed by atoms with Gasteiger partial charge in [0.15, 0.2) is 0 Å². The number of hydrogen-bond donors (Lipinski definition) is 3. The first kappa shape index (κ1) is 16.2. The van der Waals surface area contributed by atoms with Crippen LogP contribution in [0.3, 0.4) is 0 Å². The maximum Gasteiger partial charge on any atom is 0.314 e. The SMILES string of the molecule is CC(C)CCC(C)(O)CNC(=O)NCC1(C)COC1. The molecule has 5 nitrogen and oxygen atoms in total. The fraction of sp³-hybridized carbons (Fsp3) is 0.929. The molecule has 19 heavy (non-hydrogen) atoms. The van der Waals surface area contributed by atoms with Crippen LogP contribution >= 0.6 is 0 Å². The lowest BCUT2D eigenvalue weighted by molar-refractivity contribution is -0.0976. The molecule has 1 heterocycles. The van der Waals surface area contributed by atoms with E-state index in [4.69, 9.17) is 4.74 Å². The van der Waals surface area contributed by atoms with Gasteiger partial charge in [-0.2, -0.15) is 0 Å². The molecular weight excluding hydrogens is 244 g/mol. The third-order valence-corrected chi connectivity index (χ3v) is 3.47. The van der Waals surface area contributed by atoms with Crippen LogP contribution in [0.5, 0.6) is 0 Å². The van der Waals surface area contributed by atoms with Gasteiger partial charge in [0.05, 0.1) is 18.8 Å². The van der Waals surface area contributed by atoms with Gasteiger partial charge in [-0.25, -0.2) is 4.79 Å². The van der Waals surface area contributed by atoms with Gasteiger partial charge in [0, 0.05) is 18.5 Å². The minimum Gasteiger partial charge on any atom is -0.388 e. The Hall–Kier alpha value is -0.810. The molecule has 1 unspecified atom stereocenters. The van der Waals surface area contributed by atoms with Gasteiger partial charge in [-0.15, -0.1) is 0 Å². The first-order chi connectivity index (χ1) is 8.72. The summed E-state index contributed by atoms with van der Waals surface area (Å²) in [5.74, 6) is 0.555. The van der Waals surface area contributed by atoms with Crippen LogP contribution in [0.1, 0.15) is 40.5 Å². The van der Waals surface area contributed by atoms with Gasteiger partial charge < -0.3 is 20.5 Å². The average molecular weight is 272 g/mol. The lowest BCUT2D eigenvalue weighted by atomic mass is 9.89. The highest BCUT2D eigenvalue weighted by Gasteiger charge is 2.33. The summed E-state index contributed by atoms with van der Waals surface area (Å²) in [6.45, 7) is 10.4. The molecule has 5 heteroatoms. The Morgan fingerprint density at radius 3 is 2.53 bits per heavy atom. The Morgan fingerprint density at radius 1 is 1.42 bits per heavy atom. The van der Waals surface area contributed by atoms with Crippen molar-refractivity contribution in [2.75, 3.05) is 26.3 Å². The maximum absolute atomic E-state index is 11.6. The number of carbonyl (C=O) groups excluding carboxylic acids is 1. The zero-order valence-corrected chi connectivity index (χ0v) is 12.6. The van der Waals surface area contributed by atoms with E-state index >= 15 is 0 Å². The predicted octanol–water partition coefficient (Wildman–Crippen LogP) is 1.51. The van der Waals surface area contributed by atoms with Crippen LogP contribution in [0.25, 0.3) is 0 Å². The Labute approximate surface area is 116 Å². The molecule has 0 aliphatic carbocycles. The van der Waals surface area contributed by atoms with Crippen LogP contribution in [0.2, 0.25) is 0 Å². The molecule has 3 N–H and O–H groups in total. The van der Waals surface area contributed by atoms with Gasteiger partial charge >= 0.3 is 6.03 Å². The molecule has 0 radical (unpaired) electrons. The molecule has 1 rings (SSSR count). The summed E-state index contributed by atoms with van der Waals surface area (Å²) in [7, 11) is 0. The number of urea groups is 1. The maximum atomic E-state index is 11.6. The van der Waals surface area contributed by atoms with Crippen molar-refractivity contribution in [1.29, 1.82) is 0 Å². The molecule has 1 aliphatic rings. The first-order valence-electron chi connectivity index (χ1n) is 7.04. The number of hydrogen-bond acceptors (Lipinski definition) is 3. The standard InChI is InChI=1S/C14H28N2O3/c1-11(2)5-6-14(4,18)8-16-12(17)15-7-13(3)9-19-10-13/h11,18H,5-10H2,1-4H3,(H2,15,16,17). The third kappa shape index (κ3) is 6.25. The van der Waals surface area contributed by atoms with Crippen LogP contribution in [0.15, 0.2) is 0 Å². The van der Waals surface area contributed by atoms with E-state index in [-0.39, 0.29) is 18.0 Å². The summed E-state index contributed by atoms with van der Waals surface area (Å²) in [6.07, 6.45) is 1.64. The van der Waals surface area contributed by atoms with Gasteiger partial charge in [-0.1, -0.05) is 20.8 Å². The molecule has 0 bridgehead atoms. The molecule has 1 saturated heterocycles. The van der Waals surface area contributed by atoms with E-state index in [1.807, 2.05) is 0 Å². The highest BCUT2D eigenvalue weighted by Crippen LogP contribution is 2.24. The molecule has 0 aromatic heterocycles. The first-order valence-corrected chi connectivity index (χ1v) is 7.04. The van der Waals surface area contributed by atoms with Crippen molar-refractivity contribution in [3.05, 3.63) is 0 Å². The normalized spacial score (nSPS) is 20.5. The van der Waals surface area contributed by atoms with Crippen molar-refractivity contribution in [1.82, 2.24) is 10.6 Å². The number of amides is 2. The third-order valence-electron chi connectivity index (χ3n) is 3.47. The smallest absolute Gasteiger partial charge is 0.314 e. The quantitative estimate of drug-likeness (QED) is 0.658. The Balaban J connectivity index is 2.17. The molecule has 112 valence electrons. The van der Waals surface area contributed by atoms with Crippen molar-refractivity contribution in [2.24, 2.45) is 11.3 Å². The second kappa shape index (κ2) is 6.57. The molecule has 1 atom stereocenters. The lowest BCUT2D eigenvalue weighted by Crippen LogP contribution is -2.52. The highest BCUT2D eigenvalue weighted by atomic mass is 16.5. The summed E-state index contributed by atoms with van der Waals surface area (Å²) >= 11 is 0. The van der Waals surface area contributed by atoms with Crippen molar-refractivity contribution in [3.8, 4) is 0 Å². The molecule has 2 amide bonds. The average Bonchev–Trinajstić information content (AvgIpc) is 2.29. The number of aliphatic hydroxyl groups is 1. The van der Waals surface area contributed by atoms with Crippen molar-refractivity contribution in [3.63, 3.8) is 0 Å². The van der Waals surface area contributed by atoms with Crippen molar-refractivity contribution < 1.29 is 14.6 Å². The predicted molar refractivity (Wildman–Crippen MR) is 75.0 cm³/mol. The fourth-order valence-corrected chi connectivity index (χ4v) is 1.87. The molecule has 1 aliphatic heterocycles. The summed E-state index contributed by atoms with van der Waals surface area (Å²) in [6, 6.07) is -0.224. The molecule has 0 aromatic rings. The summed E-state index contributed by atoms with van der Waals surface area (Å²) in [4.78, 5) is 11.6. The van der Waals surface area contributed by atoms with E-state index in [1.54, 1.807) is 6.92 Å². The monoisotopic (exact) mass is 272 g/mol. The molecular formula is C14H28N2O3. The van der Waals surface area contributed by atoms with Gasteiger partial charge in [0.1, 0.15) is 0 Å². The van der Waals surface area contributed by atoms with Crippen LogP contribution < -0.4 is 10.6 Å². The molecule has 0 spiro atoms. The minimum absolute atomic E-state index is 0.0670. The van der Waals surface area contributed by atoms with Crippen LogP contribution in [0, 0.1) is 11.3 Å². The van der Waals surface area contributed by atoms with E-state index in [0.29, 0.717) is 32.1 Å². The Morgan fingerprint density at radius 2 is 2.05 bits per heavy atom. The van der Waals surface area contributed by atoms with Crippen LogP contribution in [-0.4, -0.2) is 43.0 Å². The zero-order valence-electron chi connectivity index (χ0n) is 12.6. The Kier molecular flexibility index (Phi) is 5.62. The van der Waals surface area contributed by atoms with Gasteiger partial charge in [-0.3, -0.25) is 0 Å². The molecule has 0 saturated carbocycles. The van der Waals surface area contributed by atoms with E-state index in [1.165, 1.54) is 0 Å². The van der Waals surface area contributed by atoms with Gasteiger partial charge in [0.25, 0.3) is 0 Å². The number of ether oxygens (including phenoxy) is 1. The van der Waals surface area contributed by atoms with Crippen LogP contribution in [0.4, 0.5) is 4.79 Å². The number of nitrogens with one attached hydrogen (secondary N) is 2. The Bertz CT molecular complexity index is 299. The lowest BCUT2D eigenvalue weighted by Gasteiger charge is -2.38. The second-order valence-corrected chi connectivity index (χ2v) is 6.77. The largest absolute Gasteiger partial charge is 0.388 e. The van der Waals surface area contributed by atoms with Crippen LogP contribution in [-0.2, 0) is 4.74 Å². The molecule has 1 fully saturated rings. The van der Waals surface area contributed by atoms with E-state index in [0.717, 1.165) is 6.42 Å². The second-order valence-electron chi connectivity index (χ2n) is 6.77. The number of rotatable bonds is 7. The highest BCUT2D eigenvalue weighted by molar-refractivity contribution is 5.73. The summed E-state index contributed by atoms with van der Waals surface area (Å²) < 4.78 is 5.13. The summed E-state index contributed by atoms with van der Waals surface area (Å²) in [5, 5.41) is 15.7. The van der Waals surface area contributed by atoms with Crippen molar-refractivity contribution >= 4 is 6.03 Å². The molecule has 0 aromatic carbocycles. The minimum atomic E-state index is -0.842. The zero-order chi connectivity index (χ0) is 14.5. The van der Waals surface area contributed by atoms with Gasteiger partial charge in [-0.05, 0) is 25.7 Å². The summed E-state index contributed by atoms with van der Waals surface area (Å²) in [5.41, 5.74) is -0.775. The van der Waals surface area contributed by atoms with Gasteiger partial charge in [0.2, 0.25) is 0 Å². The van der Waals surface area contributed by atoms with E-state index in [9.17, 15) is 9.90 Å².